The van der Waals surface area contributed by atoms with Crippen molar-refractivity contribution in [1.29, 1.82) is 0 Å². The van der Waals surface area contributed by atoms with Crippen LogP contribution in [0.25, 0.3) is 0 Å². The van der Waals surface area contributed by atoms with Gasteiger partial charge in [-0.05, 0) is 32.6 Å². The molecule has 3 nitrogen and oxygen atoms in total. The summed E-state index contributed by atoms with van der Waals surface area (Å²) in [5, 5.41) is 6.70. The van der Waals surface area contributed by atoms with Gasteiger partial charge in [0.1, 0.15) is 0 Å². The number of nitrogens with one attached hydrogen (secondary N) is 2. The number of hydrogen-bond donors (Lipinski definition) is 2. The molecule has 2 N–H and O–H groups in total. The molecule has 2 saturated carbocycles. The minimum Gasteiger partial charge on any atom is -0.352 e. The van der Waals surface area contributed by atoms with Gasteiger partial charge in [0.15, 0.2) is 0 Å². The molecule has 0 spiro atoms. The molecule has 21 heavy (non-hydrogen) atoms. The molecule has 2 aliphatic rings. The van der Waals surface area contributed by atoms with E-state index in [4.69, 9.17) is 0 Å². The Hall–Kier alpha value is -0.570. The van der Waals surface area contributed by atoms with E-state index in [0.29, 0.717) is 12.1 Å². The summed E-state index contributed by atoms with van der Waals surface area (Å²) in [7, 11) is 0. The molecule has 0 aromatic heterocycles. The molecule has 1 unspecified atom stereocenters. The second-order valence-electron chi connectivity index (χ2n) is 7.13. The van der Waals surface area contributed by atoms with Crippen molar-refractivity contribution in [2.45, 2.75) is 109 Å². The van der Waals surface area contributed by atoms with E-state index in [1.54, 1.807) is 0 Å². The van der Waals surface area contributed by atoms with E-state index in [1.807, 2.05) is 6.92 Å². The van der Waals surface area contributed by atoms with Gasteiger partial charge in [0, 0.05) is 12.1 Å². The highest BCUT2D eigenvalue weighted by Gasteiger charge is 2.26. The quantitative estimate of drug-likeness (QED) is 0.825. The second kappa shape index (κ2) is 9.45. The molecule has 0 aromatic carbocycles. The lowest BCUT2D eigenvalue weighted by Gasteiger charge is -2.23. The van der Waals surface area contributed by atoms with Crippen molar-refractivity contribution in [3.63, 3.8) is 0 Å². The summed E-state index contributed by atoms with van der Waals surface area (Å²) in [6.07, 6.45) is 17.2. The number of rotatable bonds is 4. The molecule has 2 aliphatic carbocycles. The molecule has 0 aliphatic heterocycles. The maximum Gasteiger partial charge on any atom is 0.237 e. The summed E-state index contributed by atoms with van der Waals surface area (Å²) in [5.74, 6) is 0.198. The first kappa shape index (κ1) is 16.8. The summed E-state index contributed by atoms with van der Waals surface area (Å²) in [6, 6.07) is 0.964. The van der Waals surface area contributed by atoms with E-state index in [9.17, 15) is 4.79 Å². The fourth-order valence-corrected chi connectivity index (χ4v) is 3.31. The third-order valence-corrected chi connectivity index (χ3v) is 4.91. The molecule has 0 aromatic rings. The lowest BCUT2D eigenvalue weighted by atomic mass is 9.97. The van der Waals surface area contributed by atoms with E-state index in [2.05, 4.69) is 10.6 Å². The third-order valence-electron chi connectivity index (χ3n) is 4.91. The van der Waals surface area contributed by atoms with Gasteiger partial charge in [0.2, 0.25) is 5.91 Å². The second-order valence-corrected chi connectivity index (χ2v) is 7.13. The Balaban J connectivity index is 1.72. The van der Waals surface area contributed by atoms with Crippen LogP contribution in [0.5, 0.6) is 0 Å². The van der Waals surface area contributed by atoms with Crippen LogP contribution < -0.4 is 10.6 Å². The molecule has 0 bridgehead atoms. The van der Waals surface area contributed by atoms with E-state index >= 15 is 0 Å². The smallest absolute Gasteiger partial charge is 0.237 e. The Kier molecular flexibility index (Phi) is 7.56. The average Bonchev–Trinajstić information content (AvgIpc) is 3.25. The van der Waals surface area contributed by atoms with Crippen molar-refractivity contribution in [2.75, 3.05) is 0 Å². The number of amides is 1. The van der Waals surface area contributed by atoms with Gasteiger partial charge in [-0.1, -0.05) is 57.8 Å². The van der Waals surface area contributed by atoms with Crippen LogP contribution in [0.4, 0.5) is 0 Å². The molecule has 0 heterocycles. The minimum atomic E-state index is -0.0384. The first-order valence-electron chi connectivity index (χ1n) is 9.32. The first-order valence-corrected chi connectivity index (χ1v) is 9.32. The summed E-state index contributed by atoms with van der Waals surface area (Å²) in [5.41, 5.74) is 0. The van der Waals surface area contributed by atoms with Crippen LogP contribution in [0.15, 0.2) is 0 Å². The largest absolute Gasteiger partial charge is 0.352 e. The van der Waals surface area contributed by atoms with Crippen molar-refractivity contribution < 1.29 is 4.79 Å². The Morgan fingerprint density at radius 2 is 1.24 bits per heavy atom. The molecule has 1 atom stereocenters. The summed E-state index contributed by atoms with van der Waals surface area (Å²) in [6.45, 7) is 2.02. The summed E-state index contributed by atoms with van der Waals surface area (Å²) < 4.78 is 0. The Morgan fingerprint density at radius 1 is 0.762 bits per heavy atom. The summed E-state index contributed by atoms with van der Waals surface area (Å²) in [4.78, 5) is 12.1. The van der Waals surface area contributed by atoms with Crippen LogP contribution in [-0.4, -0.2) is 24.0 Å². The highest BCUT2D eigenvalue weighted by molar-refractivity contribution is 5.81. The van der Waals surface area contributed by atoms with Crippen LogP contribution in [0, 0.1) is 0 Å². The van der Waals surface area contributed by atoms with Gasteiger partial charge in [0.05, 0.1) is 6.04 Å². The molecule has 122 valence electrons. The fraction of sp³-hybridized carbons (Fsp3) is 0.944. The van der Waals surface area contributed by atoms with Gasteiger partial charge in [-0.25, -0.2) is 0 Å². The molecule has 3 heteroatoms. The lowest BCUT2D eigenvalue weighted by Crippen LogP contribution is -2.47. The number of hydrogen-bond acceptors (Lipinski definition) is 2. The predicted molar refractivity (Wildman–Crippen MR) is 88.3 cm³/mol. The fourth-order valence-electron chi connectivity index (χ4n) is 3.31. The van der Waals surface area contributed by atoms with Gasteiger partial charge in [0.25, 0.3) is 0 Å². The highest BCUT2D eigenvalue weighted by atomic mass is 16.2. The van der Waals surface area contributed by atoms with Crippen molar-refractivity contribution in [3.05, 3.63) is 0 Å². The minimum absolute atomic E-state index is 0.0384. The van der Waals surface area contributed by atoms with E-state index in [1.165, 1.54) is 83.5 Å². The van der Waals surface area contributed by atoms with Crippen LogP contribution in [0.1, 0.15) is 90.4 Å². The van der Waals surface area contributed by atoms with Gasteiger partial charge >= 0.3 is 0 Å². The zero-order valence-electron chi connectivity index (χ0n) is 13.8. The van der Waals surface area contributed by atoms with Crippen molar-refractivity contribution >= 4 is 5.91 Å². The molecule has 2 fully saturated rings. The highest BCUT2D eigenvalue weighted by Crippen LogP contribution is 2.19. The lowest BCUT2D eigenvalue weighted by molar-refractivity contribution is -0.123. The standard InChI is InChI=1S/C18H34N2O/c1-15(18(21)20-17-13-14-17)19-16-11-9-7-5-3-2-4-6-8-10-12-16/h15-17,19H,2-14H2,1H3,(H,20,21). The van der Waals surface area contributed by atoms with Crippen molar-refractivity contribution in [1.82, 2.24) is 10.6 Å². The maximum atomic E-state index is 12.1. The average molecular weight is 294 g/mol. The topological polar surface area (TPSA) is 41.1 Å². The molecule has 1 amide bonds. The maximum absolute atomic E-state index is 12.1. The molecule has 2 rings (SSSR count). The van der Waals surface area contributed by atoms with Gasteiger partial charge < -0.3 is 10.6 Å². The molecular formula is C18H34N2O. The third kappa shape index (κ3) is 7.30. The summed E-state index contributed by atoms with van der Waals surface area (Å²) >= 11 is 0. The van der Waals surface area contributed by atoms with Crippen LogP contribution in [0.2, 0.25) is 0 Å². The Morgan fingerprint density at radius 3 is 1.71 bits per heavy atom. The number of carbonyl (C=O) groups is 1. The molecule has 0 radical (unpaired) electrons. The zero-order valence-corrected chi connectivity index (χ0v) is 13.8. The van der Waals surface area contributed by atoms with Gasteiger partial charge in [-0.2, -0.15) is 0 Å². The Bertz CT molecular complexity index is 290. The molecule has 0 saturated heterocycles. The van der Waals surface area contributed by atoms with Crippen molar-refractivity contribution in [3.8, 4) is 0 Å². The van der Waals surface area contributed by atoms with E-state index in [0.717, 1.165) is 0 Å². The van der Waals surface area contributed by atoms with Crippen LogP contribution in [0.3, 0.4) is 0 Å². The van der Waals surface area contributed by atoms with Gasteiger partial charge in [-0.15, -0.1) is 0 Å². The van der Waals surface area contributed by atoms with E-state index < -0.39 is 0 Å². The van der Waals surface area contributed by atoms with Crippen molar-refractivity contribution in [2.24, 2.45) is 0 Å². The van der Waals surface area contributed by atoms with Gasteiger partial charge in [-0.3, -0.25) is 4.79 Å². The number of carbonyl (C=O) groups excluding carboxylic acids is 1. The monoisotopic (exact) mass is 294 g/mol. The zero-order chi connectivity index (χ0) is 14.9. The predicted octanol–water partition coefficient (Wildman–Crippen LogP) is 3.92. The van der Waals surface area contributed by atoms with E-state index in [-0.39, 0.29) is 11.9 Å². The van der Waals surface area contributed by atoms with Crippen LogP contribution in [-0.2, 0) is 4.79 Å². The first-order chi connectivity index (χ1) is 10.3. The normalized spacial score (nSPS) is 24.6. The SMILES string of the molecule is CC(NC1CCCCCCCCCCC1)C(=O)NC1CC1. The Labute approximate surface area is 130 Å². The van der Waals surface area contributed by atoms with Crippen LogP contribution >= 0.6 is 0 Å². The molecular weight excluding hydrogens is 260 g/mol.